The van der Waals surface area contributed by atoms with E-state index in [1.54, 1.807) is 6.92 Å². The maximum atomic E-state index is 13.4. The zero-order valence-corrected chi connectivity index (χ0v) is 10.7. The summed E-state index contributed by atoms with van der Waals surface area (Å²) in [6.45, 7) is 3.98. The van der Waals surface area contributed by atoms with Gasteiger partial charge in [0, 0.05) is 5.56 Å². The molecule has 0 spiro atoms. The highest BCUT2D eigenvalue weighted by molar-refractivity contribution is 5.63. The van der Waals surface area contributed by atoms with Gasteiger partial charge in [-0.25, -0.2) is 4.98 Å². The zero-order chi connectivity index (χ0) is 12.3. The predicted molar refractivity (Wildman–Crippen MR) is 69.2 cm³/mol. The van der Waals surface area contributed by atoms with Gasteiger partial charge < -0.3 is 0 Å². The first kappa shape index (κ1) is 12.3. The molecule has 2 rings (SSSR count). The molecule has 0 aliphatic heterocycles. The number of hydrogen-bond donors (Lipinski definition) is 0. The second-order valence-electron chi connectivity index (χ2n) is 4.96. The fourth-order valence-electron chi connectivity index (χ4n) is 2.47. The first-order valence-corrected chi connectivity index (χ1v) is 6.53. The van der Waals surface area contributed by atoms with E-state index in [9.17, 15) is 4.39 Å². The molecule has 0 amide bonds. The molecule has 1 nitrogen and oxygen atoms in total. The van der Waals surface area contributed by atoms with Crippen LogP contribution < -0.4 is 0 Å². The lowest BCUT2D eigenvalue weighted by atomic mass is 9.85. The van der Waals surface area contributed by atoms with E-state index in [1.165, 1.54) is 24.8 Å². The Morgan fingerprint density at radius 1 is 1.41 bits per heavy atom. The molecule has 0 fully saturated rings. The van der Waals surface area contributed by atoms with Crippen molar-refractivity contribution in [1.29, 1.82) is 0 Å². The second-order valence-corrected chi connectivity index (χ2v) is 4.96. The van der Waals surface area contributed by atoms with Crippen LogP contribution in [0.5, 0.6) is 0 Å². The summed E-state index contributed by atoms with van der Waals surface area (Å²) in [5.74, 6) is 0.484. The van der Waals surface area contributed by atoms with E-state index >= 15 is 0 Å². The largest absolute Gasteiger partial charge is 0.220 e. The molecule has 92 valence electrons. The number of allylic oxidation sites excluding steroid dienone is 2. The Labute approximate surface area is 103 Å². The molecular formula is C15H20FN. The van der Waals surface area contributed by atoms with Gasteiger partial charge in [-0.2, -0.15) is 4.39 Å². The third kappa shape index (κ3) is 2.93. The SMILES string of the molecule is CCCC1CC=C(c2ccc(C)c(F)n2)CC1. The van der Waals surface area contributed by atoms with Gasteiger partial charge in [-0.15, -0.1) is 0 Å². The molecule has 17 heavy (non-hydrogen) atoms. The summed E-state index contributed by atoms with van der Waals surface area (Å²) in [6, 6.07) is 3.75. The third-order valence-corrected chi connectivity index (χ3v) is 3.58. The summed E-state index contributed by atoms with van der Waals surface area (Å²) in [5.41, 5.74) is 2.66. The number of aromatic nitrogens is 1. The molecule has 0 radical (unpaired) electrons. The Balaban J connectivity index is 2.11. The maximum absolute atomic E-state index is 13.4. The summed E-state index contributed by atoms with van der Waals surface area (Å²) in [7, 11) is 0. The highest BCUT2D eigenvalue weighted by atomic mass is 19.1. The molecular weight excluding hydrogens is 213 g/mol. The van der Waals surface area contributed by atoms with Crippen molar-refractivity contribution < 1.29 is 4.39 Å². The van der Waals surface area contributed by atoms with Gasteiger partial charge in [0.25, 0.3) is 0 Å². The molecule has 0 N–H and O–H groups in total. The smallest absolute Gasteiger partial charge is 0.216 e. The van der Waals surface area contributed by atoms with E-state index in [0.29, 0.717) is 5.56 Å². The van der Waals surface area contributed by atoms with Crippen LogP contribution in [0.15, 0.2) is 18.2 Å². The molecule has 1 heterocycles. The Morgan fingerprint density at radius 3 is 2.82 bits per heavy atom. The summed E-state index contributed by atoms with van der Waals surface area (Å²) >= 11 is 0. The van der Waals surface area contributed by atoms with Gasteiger partial charge in [0.05, 0.1) is 5.69 Å². The van der Waals surface area contributed by atoms with Crippen LogP contribution >= 0.6 is 0 Å². The fourth-order valence-corrected chi connectivity index (χ4v) is 2.47. The molecule has 1 atom stereocenters. The Kier molecular flexibility index (Phi) is 3.93. The van der Waals surface area contributed by atoms with Gasteiger partial charge in [-0.3, -0.25) is 0 Å². The number of halogens is 1. The first-order chi connectivity index (χ1) is 8.20. The summed E-state index contributed by atoms with van der Waals surface area (Å²) in [6.07, 6.45) is 8.20. The lowest BCUT2D eigenvalue weighted by molar-refractivity contribution is 0.444. The van der Waals surface area contributed by atoms with Crippen molar-refractivity contribution in [2.75, 3.05) is 0 Å². The summed E-state index contributed by atoms with van der Waals surface area (Å²) in [5, 5.41) is 0. The van der Waals surface area contributed by atoms with Crippen LogP contribution in [-0.2, 0) is 0 Å². The zero-order valence-electron chi connectivity index (χ0n) is 10.7. The van der Waals surface area contributed by atoms with E-state index in [0.717, 1.165) is 24.5 Å². The number of nitrogens with zero attached hydrogens (tertiary/aromatic N) is 1. The van der Waals surface area contributed by atoms with E-state index in [4.69, 9.17) is 0 Å². The van der Waals surface area contributed by atoms with E-state index in [-0.39, 0.29) is 5.95 Å². The van der Waals surface area contributed by atoms with E-state index in [1.807, 2.05) is 12.1 Å². The van der Waals surface area contributed by atoms with Crippen molar-refractivity contribution in [2.45, 2.75) is 46.0 Å². The fraction of sp³-hybridized carbons (Fsp3) is 0.533. The van der Waals surface area contributed by atoms with Crippen molar-refractivity contribution in [3.63, 3.8) is 0 Å². The molecule has 1 aliphatic rings. The van der Waals surface area contributed by atoms with Crippen molar-refractivity contribution in [1.82, 2.24) is 4.98 Å². The molecule has 1 unspecified atom stereocenters. The average molecular weight is 233 g/mol. The van der Waals surface area contributed by atoms with Gasteiger partial charge in [0.2, 0.25) is 5.95 Å². The quantitative estimate of drug-likeness (QED) is 0.700. The lowest BCUT2D eigenvalue weighted by Crippen LogP contribution is -2.06. The molecule has 2 heteroatoms. The molecule has 0 saturated heterocycles. The van der Waals surface area contributed by atoms with Crippen LogP contribution in [0.25, 0.3) is 5.57 Å². The Hall–Kier alpha value is -1.18. The third-order valence-electron chi connectivity index (χ3n) is 3.58. The monoisotopic (exact) mass is 233 g/mol. The summed E-state index contributed by atoms with van der Waals surface area (Å²) in [4.78, 5) is 4.03. The molecule has 0 aromatic carbocycles. The standard InChI is InChI=1S/C15H20FN/c1-3-4-12-6-8-13(9-7-12)14-10-5-11(2)15(16)17-14/h5,8,10,12H,3-4,6-7,9H2,1-2H3. The van der Waals surface area contributed by atoms with Crippen LogP contribution in [0.4, 0.5) is 4.39 Å². The van der Waals surface area contributed by atoms with E-state index in [2.05, 4.69) is 18.0 Å². The van der Waals surface area contributed by atoms with Gasteiger partial charge in [-0.05, 0) is 43.7 Å². The Morgan fingerprint density at radius 2 is 2.24 bits per heavy atom. The second kappa shape index (κ2) is 5.44. The molecule has 1 aromatic heterocycles. The Bertz CT molecular complexity index is 423. The van der Waals surface area contributed by atoms with Crippen LogP contribution in [0.1, 0.15) is 50.3 Å². The minimum absolute atomic E-state index is 0.334. The van der Waals surface area contributed by atoms with Crippen LogP contribution in [0, 0.1) is 18.8 Å². The van der Waals surface area contributed by atoms with Crippen LogP contribution in [-0.4, -0.2) is 4.98 Å². The van der Waals surface area contributed by atoms with E-state index < -0.39 is 0 Å². The number of rotatable bonds is 3. The first-order valence-electron chi connectivity index (χ1n) is 6.53. The van der Waals surface area contributed by atoms with Gasteiger partial charge >= 0.3 is 0 Å². The summed E-state index contributed by atoms with van der Waals surface area (Å²) < 4.78 is 13.4. The highest BCUT2D eigenvalue weighted by Crippen LogP contribution is 2.31. The predicted octanol–water partition coefficient (Wildman–Crippen LogP) is 4.51. The number of aryl methyl sites for hydroxylation is 1. The molecule has 1 aromatic rings. The number of hydrogen-bond acceptors (Lipinski definition) is 1. The van der Waals surface area contributed by atoms with Crippen LogP contribution in [0.3, 0.4) is 0 Å². The highest BCUT2D eigenvalue weighted by Gasteiger charge is 2.15. The lowest BCUT2D eigenvalue weighted by Gasteiger charge is -2.21. The van der Waals surface area contributed by atoms with Crippen molar-refractivity contribution in [3.05, 3.63) is 35.4 Å². The van der Waals surface area contributed by atoms with Crippen molar-refractivity contribution >= 4 is 5.57 Å². The average Bonchev–Trinajstić information content (AvgIpc) is 2.34. The normalized spacial score (nSPS) is 20.2. The van der Waals surface area contributed by atoms with Gasteiger partial charge in [0.15, 0.2) is 0 Å². The van der Waals surface area contributed by atoms with Crippen molar-refractivity contribution in [2.24, 2.45) is 5.92 Å². The van der Waals surface area contributed by atoms with Crippen LogP contribution in [0.2, 0.25) is 0 Å². The molecule has 0 bridgehead atoms. The van der Waals surface area contributed by atoms with Crippen molar-refractivity contribution in [3.8, 4) is 0 Å². The minimum atomic E-state index is -0.334. The molecule has 1 aliphatic carbocycles. The minimum Gasteiger partial charge on any atom is -0.220 e. The topological polar surface area (TPSA) is 12.9 Å². The number of pyridine rings is 1. The van der Waals surface area contributed by atoms with Gasteiger partial charge in [0.1, 0.15) is 0 Å². The van der Waals surface area contributed by atoms with Gasteiger partial charge in [-0.1, -0.05) is 31.9 Å². The maximum Gasteiger partial charge on any atom is 0.216 e. The molecule has 0 saturated carbocycles.